The van der Waals surface area contributed by atoms with E-state index in [-0.39, 0.29) is 17.6 Å². The van der Waals surface area contributed by atoms with Crippen molar-refractivity contribution in [2.24, 2.45) is 10.9 Å². The molecule has 1 aromatic rings. The van der Waals surface area contributed by atoms with E-state index in [2.05, 4.69) is 10.3 Å². The Morgan fingerprint density at radius 1 is 1.30 bits per heavy atom. The molecule has 1 unspecified atom stereocenters. The highest BCUT2D eigenvalue weighted by Gasteiger charge is 2.33. The van der Waals surface area contributed by atoms with Gasteiger partial charge in [-0.1, -0.05) is 6.08 Å². The van der Waals surface area contributed by atoms with E-state index in [9.17, 15) is 9.59 Å². The van der Waals surface area contributed by atoms with Crippen LogP contribution in [0.15, 0.2) is 62.9 Å². The van der Waals surface area contributed by atoms with Gasteiger partial charge in [-0.15, -0.1) is 0 Å². The van der Waals surface area contributed by atoms with E-state index in [0.29, 0.717) is 5.71 Å². The zero-order valence-electron chi connectivity index (χ0n) is 12.5. The summed E-state index contributed by atoms with van der Waals surface area (Å²) in [7, 11) is 0. The van der Waals surface area contributed by atoms with Gasteiger partial charge < -0.3 is 9.73 Å². The van der Waals surface area contributed by atoms with Gasteiger partial charge >= 0.3 is 5.91 Å². The average molecular weight is 308 g/mol. The Balaban J connectivity index is 1.64. The second-order valence-corrected chi connectivity index (χ2v) is 5.92. The topological polar surface area (TPSA) is 71.7 Å². The van der Waals surface area contributed by atoms with Gasteiger partial charge in [0, 0.05) is 17.2 Å². The van der Waals surface area contributed by atoms with Crippen LogP contribution in [0.1, 0.15) is 36.2 Å². The largest absolute Gasteiger partial charge is 0.459 e. The van der Waals surface area contributed by atoms with E-state index in [1.54, 1.807) is 18.2 Å². The van der Waals surface area contributed by atoms with Crippen LogP contribution in [-0.4, -0.2) is 17.5 Å². The molecule has 2 heterocycles. The van der Waals surface area contributed by atoms with Gasteiger partial charge in [-0.05, 0) is 55.5 Å². The Morgan fingerprint density at radius 2 is 2.17 bits per heavy atom. The van der Waals surface area contributed by atoms with Gasteiger partial charge in [0.1, 0.15) is 0 Å². The molecule has 5 nitrogen and oxygen atoms in total. The van der Waals surface area contributed by atoms with E-state index in [0.717, 1.165) is 37.0 Å². The highest BCUT2D eigenvalue weighted by atomic mass is 16.3. The van der Waals surface area contributed by atoms with Gasteiger partial charge in [0.15, 0.2) is 5.76 Å². The van der Waals surface area contributed by atoms with Crippen molar-refractivity contribution in [2.75, 3.05) is 0 Å². The molecule has 0 aromatic carbocycles. The summed E-state index contributed by atoms with van der Waals surface area (Å²) in [5, 5.41) is 2.95. The van der Waals surface area contributed by atoms with Crippen molar-refractivity contribution in [3.63, 3.8) is 0 Å². The van der Waals surface area contributed by atoms with Crippen LogP contribution in [0.25, 0.3) is 0 Å². The Bertz CT molecular complexity index is 794. The van der Waals surface area contributed by atoms with Gasteiger partial charge in [0.25, 0.3) is 5.91 Å². The van der Waals surface area contributed by atoms with Crippen LogP contribution in [0, 0.1) is 5.92 Å². The van der Waals surface area contributed by atoms with E-state index in [4.69, 9.17) is 4.42 Å². The fourth-order valence-electron chi connectivity index (χ4n) is 3.39. The third kappa shape index (κ3) is 2.48. The van der Waals surface area contributed by atoms with Crippen LogP contribution in [0.4, 0.5) is 0 Å². The van der Waals surface area contributed by atoms with Crippen molar-refractivity contribution >= 4 is 17.5 Å². The van der Waals surface area contributed by atoms with Crippen molar-refractivity contribution in [1.82, 2.24) is 5.32 Å². The molecule has 3 aliphatic rings. The molecule has 0 saturated carbocycles. The summed E-state index contributed by atoms with van der Waals surface area (Å²) in [5.41, 5.74) is 3.50. The smallest absolute Gasteiger partial charge is 0.313 e. The molecule has 2 amide bonds. The summed E-state index contributed by atoms with van der Waals surface area (Å²) in [5.74, 6) is -0.115. The number of hydrogen-bond donors (Lipinski definition) is 1. The van der Waals surface area contributed by atoms with Crippen LogP contribution in [0.2, 0.25) is 0 Å². The second kappa shape index (κ2) is 5.50. The van der Waals surface area contributed by atoms with Crippen molar-refractivity contribution < 1.29 is 14.0 Å². The average Bonchev–Trinajstić information content (AvgIpc) is 3.09. The first-order chi connectivity index (χ1) is 11.2. The lowest BCUT2D eigenvalue weighted by atomic mass is 9.77. The zero-order chi connectivity index (χ0) is 15.8. The predicted octanol–water partition coefficient (Wildman–Crippen LogP) is 2.93. The van der Waals surface area contributed by atoms with Crippen molar-refractivity contribution in [3.05, 3.63) is 59.2 Å². The highest BCUT2D eigenvalue weighted by molar-refractivity contribution is 6.13. The first-order valence-electron chi connectivity index (χ1n) is 7.82. The fraction of sp³-hybridized carbons (Fsp3) is 0.278. The maximum Gasteiger partial charge on any atom is 0.313 e. The fourth-order valence-corrected chi connectivity index (χ4v) is 3.39. The van der Waals surface area contributed by atoms with Crippen LogP contribution >= 0.6 is 0 Å². The summed E-state index contributed by atoms with van der Waals surface area (Å²) >= 11 is 0. The van der Waals surface area contributed by atoms with Gasteiger partial charge in [0.2, 0.25) is 0 Å². The minimum atomic E-state index is -0.426. The van der Waals surface area contributed by atoms with Gasteiger partial charge in [-0.2, -0.15) is 0 Å². The molecule has 0 spiro atoms. The lowest BCUT2D eigenvalue weighted by molar-refractivity contribution is -0.117. The third-order valence-corrected chi connectivity index (χ3v) is 4.48. The molecule has 0 radical (unpaired) electrons. The molecule has 1 atom stereocenters. The third-order valence-electron chi connectivity index (χ3n) is 4.48. The maximum absolute atomic E-state index is 12.2. The number of hydrogen-bond acceptors (Lipinski definition) is 3. The molecular formula is C18H16N2O3. The number of fused-ring (bicyclic) bond motifs is 2. The lowest BCUT2D eigenvalue weighted by Gasteiger charge is -2.33. The number of rotatable bonds is 1. The lowest BCUT2D eigenvalue weighted by Crippen LogP contribution is -2.37. The zero-order valence-corrected chi connectivity index (χ0v) is 12.5. The molecule has 4 rings (SSSR count). The standard InChI is InChI=1S/C18H16N2O3/c21-17-14-5-2-1-4-12(14)13-8-7-11(10-15(13)20-17)19-18(22)16-6-3-9-23-16/h3,6-10,13H,1-2,4-5H2,(H,20,21). The Morgan fingerprint density at radius 3 is 3.00 bits per heavy atom. The number of carbonyl (C=O) groups is 2. The molecule has 23 heavy (non-hydrogen) atoms. The number of aliphatic imine (C=N–C) groups is 1. The predicted molar refractivity (Wildman–Crippen MR) is 84.8 cm³/mol. The first-order valence-corrected chi connectivity index (χ1v) is 7.82. The van der Waals surface area contributed by atoms with Crippen LogP contribution in [0.5, 0.6) is 0 Å². The first kappa shape index (κ1) is 13.9. The number of amides is 2. The van der Waals surface area contributed by atoms with Gasteiger partial charge in [-0.3, -0.25) is 9.59 Å². The Kier molecular flexibility index (Phi) is 3.33. The quantitative estimate of drug-likeness (QED) is 0.867. The molecule has 0 bridgehead atoms. The monoisotopic (exact) mass is 308 g/mol. The summed E-state index contributed by atoms with van der Waals surface area (Å²) < 4.78 is 5.05. The Labute approximate surface area is 133 Å². The highest BCUT2D eigenvalue weighted by Crippen LogP contribution is 2.38. The number of allylic oxidation sites excluding steroid dienone is 3. The minimum Gasteiger partial charge on any atom is -0.459 e. The summed E-state index contributed by atoms with van der Waals surface area (Å²) in [4.78, 5) is 28.3. The molecular weight excluding hydrogens is 292 g/mol. The molecule has 5 heteroatoms. The summed E-state index contributed by atoms with van der Waals surface area (Å²) in [6.07, 6.45) is 11.1. The van der Waals surface area contributed by atoms with E-state index in [1.807, 2.05) is 12.2 Å². The number of nitrogens with one attached hydrogen (secondary N) is 1. The van der Waals surface area contributed by atoms with Crippen molar-refractivity contribution in [1.29, 1.82) is 0 Å². The molecule has 0 fully saturated rings. The molecule has 1 aliphatic heterocycles. The summed E-state index contributed by atoms with van der Waals surface area (Å²) in [6.45, 7) is 0. The molecule has 2 aliphatic carbocycles. The summed E-state index contributed by atoms with van der Waals surface area (Å²) in [6, 6.07) is 3.23. The number of nitrogens with zero attached hydrogens (tertiary/aromatic N) is 1. The van der Waals surface area contributed by atoms with Crippen LogP contribution < -0.4 is 5.32 Å². The van der Waals surface area contributed by atoms with Gasteiger partial charge in [-0.25, -0.2) is 4.99 Å². The van der Waals surface area contributed by atoms with E-state index < -0.39 is 5.91 Å². The van der Waals surface area contributed by atoms with Crippen molar-refractivity contribution in [3.8, 4) is 0 Å². The molecule has 116 valence electrons. The number of furan rings is 1. The minimum absolute atomic E-state index is 0.00536. The number of carbonyl (C=O) groups excluding carboxylic acids is 2. The molecule has 1 aromatic heterocycles. The molecule has 1 N–H and O–H groups in total. The normalized spacial score (nSPS) is 24.9. The van der Waals surface area contributed by atoms with Crippen LogP contribution in [-0.2, 0) is 4.79 Å². The van der Waals surface area contributed by atoms with E-state index in [1.165, 1.54) is 11.8 Å². The SMILES string of the molecule is O=C1NC2=CC(=NC(=O)c3ccco3)C=CC2C2=C1CCCC2. The Hall–Kier alpha value is -2.69. The van der Waals surface area contributed by atoms with Gasteiger partial charge in [0.05, 0.1) is 12.0 Å². The van der Waals surface area contributed by atoms with Crippen LogP contribution in [0.3, 0.4) is 0 Å². The van der Waals surface area contributed by atoms with Crippen molar-refractivity contribution in [2.45, 2.75) is 25.7 Å². The maximum atomic E-state index is 12.2. The van der Waals surface area contributed by atoms with E-state index >= 15 is 0 Å². The molecule has 0 saturated heterocycles. The second-order valence-electron chi connectivity index (χ2n) is 5.92.